The van der Waals surface area contributed by atoms with E-state index in [1.165, 1.54) is 0 Å². The predicted octanol–water partition coefficient (Wildman–Crippen LogP) is 7.27. The Hall–Kier alpha value is -5.32. The quantitative estimate of drug-likeness (QED) is 0.0599. The zero-order valence-corrected chi connectivity index (χ0v) is 37.4. The molecule has 5 aromatic rings. The lowest BCUT2D eigenvalue weighted by Crippen LogP contribution is -2.53. The molecule has 6 N–H and O–H groups in total. The number of ether oxygens (including phenoxy) is 3. The average molecular weight is 864 g/mol. The van der Waals surface area contributed by atoms with Crippen molar-refractivity contribution in [1.29, 1.82) is 0 Å². The molecule has 5 heterocycles. The number of carbonyl (C=O) groups is 1. The number of halogens is 1. The molecule has 6 atom stereocenters. The van der Waals surface area contributed by atoms with Gasteiger partial charge in [-0.2, -0.15) is 0 Å². The van der Waals surface area contributed by atoms with Crippen molar-refractivity contribution >= 4 is 28.0 Å². The highest BCUT2D eigenvalue weighted by atomic mass is 19.1. The Morgan fingerprint density at radius 2 is 1.89 bits per heavy atom. The first kappa shape index (κ1) is 44.3. The van der Waals surface area contributed by atoms with Gasteiger partial charge in [-0.3, -0.25) is 15.0 Å². The number of aromatic amines is 2. The molecule has 2 aromatic carbocycles. The maximum atomic E-state index is 16.9. The van der Waals surface area contributed by atoms with Crippen LogP contribution in [0, 0.1) is 11.8 Å². The molecule has 3 aromatic heterocycles. The van der Waals surface area contributed by atoms with Crippen molar-refractivity contribution in [3.05, 3.63) is 101 Å². The Labute approximate surface area is 368 Å². The highest BCUT2D eigenvalue weighted by molar-refractivity contribution is 5.92. The van der Waals surface area contributed by atoms with Crippen LogP contribution in [0.25, 0.3) is 33.3 Å². The fourth-order valence-electron chi connectivity index (χ4n) is 9.29. The minimum absolute atomic E-state index is 0.0190. The van der Waals surface area contributed by atoms with E-state index in [2.05, 4.69) is 46.7 Å². The second kappa shape index (κ2) is 18.8. The molecule has 1 amide bonds. The first-order valence-corrected chi connectivity index (χ1v) is 22.2. The number of hydrogen-bond acceptors (Lipinski definition) is 10. The van der Waals surface area contributed by atoms with Gasteiger partial charge in [-0.15, -0.1) is 0 Å². The summed E-state index contributed by atoms with van der Waals surface area (Å²) in [5.41, 5.74) is 12.4. The van der Waals surface area contributed by atoms with Gasteiger partial charge in [0.15, 0.2) is 0 Å². The van der Waals surface area contributed by atoms with E-state index in [0.29, 0.717) is 55.0 Å². The zero-order valence-electron chi connectivity index (χ0n) is 37.4. The number of aliphatic hydroxyl groups excluding tert-OH is 1. The van der Waals surface area contributed by atoms with Crippen LogP contribution in [-0.4, -0.2) is 104 Å². The highest BCUT2D eigenvalue weighted by Crippen LogP contribution is 2.47. The summed E-state index contributed by atoms with van der Waals surface area (Å²) in [7, 11) is 3.27. The standard InChI is InChI=1S/C48H62FN9O5/c1-8-16-56(47(60)44(28(4)5)53-26-61-6)25-41-51-23-35(54-41)29-14-15-37-32(18-29)21-39-42-34(49)20-31(22-40(42)63-48(58(37)39)30-11-9-12-33(19-30)62-7)36-24-52-45(55-36)38-13-10-17-57(38)46(59)43(50)27(2)3/h9,11-12,14-15,18-19,21-24,27-28,34,38,43-44,47-48,53,60H,8,10,13,16-17,20,25-26,50H2,1-7H3,(H,51,54)(H,52,55). The number of aliphatic hydroxyl groups is 1. The molecule has 0 saturated carbocycles. The van der Waals surface area contributed by atoms with Gasteiger partial charge in [0.25, 0.3) is 0 Å². The maximum Gasteiger partial charge on any atom is 0.240 e. The SMILES string of the molecule is CCCN(Cc1ncc(-c2ccc3c(c2)cc2n3C(c3cccc(OC)c3)OC3=C2C(F)CC(c2cnc(C4CCCN4C(=O)C(N)C(C)C)[nH]2)=C3)[nH]1)C(O)C(NCOC)C(C)C. The Balaban J connectivity index is 1.12. The molecule has 14 nitrogen and oxygen atoms in total. The van der Waals surface area contributed by atoms with Crippen LogP contribution < -0.4 is 15.8 Å². The summed E-state index contributed by atoms with van der Waals surface area (Å²) in [6.45, 7) is 12.3. The Kier molecular flexibility index (Phi) is 13.2. The van der Waals surface area contributed by atoms with E-state index in [1.807, 2.05) is 78.4 Å². The molecule has 1 fully saturated rings. The van der Waals surface area contributed by atoms with Crippen LogP contribution >= 0.6 is 0 Å². The summed E-state index contributed by atoms with van der Waals surface area (Å²) in [6, 6.07) is 15.0. The van der Waals surface area contributed by atoms with Gasteiger partial charge in [0.1, 0.15) is 35.6 Å². The van der Waals surface area contributed by atoms with Crippen LogP contribution in [0.2, 0.25) is 0 Å². The molecule has 2 aliphatic heterocycles. The molecule has 336 valence electrons. The van der Waals surface area contributed by atoms with Crippen LogP contribution in [0.1, 0.15) is 101 Å². The number of aromatic nitrogens is 5. The first-order valence-electron chi connectivity index (χ1n) is 22.2. The van der Waals surface area contributed by atoms with Crippen LogP contribution in [-0.2, 0) is 20.8 Å². The minimum atomic E-state index is -1.37. The molecule has 0 radical (unpaired) electrons. The number of allylic oxidation sites excluding steroid dienone is 3. The minimum Gasteiger partial charge on any atom is -0.497 e. The van der Waals surface area contributed by atoms with Gasteiger partial charge >= 0.3 is 0 Å². The van der Waals surface area contributed by atoms with Crippen LogP contribution in [0.3, 0.4) is 0 Å². The zero-order chi connectivity index (χ0) is 44.5. The van der Waals surface area contributed by atoms with Crippen LogP contribution in [0.4, 0.5) is 4.39 Å². The van der Waals surface area contributed by atoms with Crippen molar-refractivity contribution in [1.82, 2.24) is 39.6 Å². The lowest BCUT2D eigenvalue weighted by atomic mass is 9.90. The maximum absolute atomic E-state index is 16.9. The van der Waals surface area contributed by atoms with E-state index in [-0.39, 0.29) is 36.2 Å². The smallest absolute Gasteiger partial charge is 0.240 e. The number of likely N-dealkylation sites (tertiary alicyclic amines) is 1. The van der Waals surface area contributed by atoms with E-state index >= 15 is 4.39 Å². The Morgan fingerprint density at radius 3 is 2.63 bits per heavy atom. The van der Waals surface area contributed by atoms with Crippen molar-refractivity contribution in [2.24, 2.45) is 17.6 Å². The van der Waals surface area contributed by atoms with Gasteiger partial charge in [0.2, 0.25) is 12.1 Å². The van der Waals surface area contributed by atoms with Crippen molar-refractivity contribution in [3.8, 4) is 17.0 Å². The molecule has 15 heteroatoms. The normalized spacial score (nSPS) is 20.3. The number of methoxy groups -OCH3 is 2. The molecule has 0 bridgehead atoms. The number of nitrogens with two attached hydrogens (primary N) is 1. The largest absolute Gasteiger partial charge is 0.497 e. The number of carbonyl (C=O) groups excluding carboxylic acids is 1. The first-order chi connectivity index (χ1) is 30.4. The number of nitrogens with one attached hydrogen (secondary N) is 3. The Morgan fingerprint density at radius 1 is 1.08 bits per heavy atom. The van der Waals surface area contributed by atoms with Gasteiger partial charge in [-0.1, -0.05) is 52.8 Å². The summed E-state index contributed by atoms with van der Waals surface area (Å²) in [4.78, 5) is 33.6. The molecule has 6 unspecified atom stereocenters. The number of nitrogens with zero attached hydrogens (tertiary/aromatic N) is 5. The van der Waals surface area contributed by atoms with E-state index < -0.39 is 24.7 Å². The van der Waals surface area contributed by atoms with E-state index in [0.717, 1.165) is 64.1 Å². The van der Waals surface area contributed by atoms with E-state index in [4.69, 9.17) is 29.9 Å². The van der Waals surface area contributed by atoms with Gasteiger partial charge in [0.05, 0.1) is 79.1 Å². The van der Waals surface area contributed by atoms with Crippen LogP contribution in [0.5, 0.6) is 5.75 Å². The number of amides is 1. The molecule has 1 saturated heterocycles. The Bertz CT molecular complexity index is 2470. The predicted molar refractivity (Wildman–Crippen MR) is 242 cm³/mol. The fourth-order valence-corrected chi connectivity index (χ4v) is 9.29. The van der Waals surface area contributed by atoms with Crippen LogP contribution in [0.15, 0.2) is 72.8 Å². The highest BCUT2D eigenvalue weighted by Gasteiger charge is 2.39. The molecule has 63 heavy (non-hydrogen) atoms. The van der Waals surface area contributed by atoms with Crippen molar-refractivity contribution in [2.75, 3.05) is 34.0 Å². The number of imidazole rings is 2. The van der Waals surface area contributed by atoms with Crippen molar-refractivity contribution < 1.29 is 28.5 Å². The van der Waals surface area contributed by atoms with E-state index in [9.17, 15) is 9.90 Å². The fraction of sp³-hybridized carbons (Fsp3) is 0.479. The van der Waals surface area contributed by atoms with Crippen molar-refractivity contribution in [2.45, 2.75) is 104 Å². The molecule has 8 rings (SSSR count). The third-order valence-corrected chi connectivity index (χ3v) is 12.7. The van der Waals surface area contributed by atoms with Crippen molar-refractivity contribution in [3.63, 3.8) is 0 Å². The van der Waals surface area contributed by atoms with Gasteiger partial charge in [0, 0.05) is 43.1 Å². The topological polar surface area (TPSA) is 172 Å². The number of alkyl halides is 1. The summed E-state index contributed by atoms with van der Waals surface area (Å²) < 4.78 is 36.7. The third-order valence-electron chi connectivity index (χ3n) is 12.7. The number of rotatable bonds is 17. The van der Waals surface area contributed by atoms with Gasteiger partial charge in [-0.05, 0) is 73.1 Å². The molecule has 3 aliphatic rings. The summed E-state index contributed by atoms with van der Waals surface area (Å²) in [5.74, 6) is 2.67. The average Bonchev–Trinajstić information content (AvgIpc) is 4.11. The number of hydrogen-bond donors (Lipinski definition) is 5. The summed E-state index contributed by atoms with van der Waals surface area (Å²) >= 11 is 0. The number of H-pyrrole nitrogens is 2. The summed E-state index contributed by atoms with van der Waals surface area (Å²) in [5, 5.41) is 15.7. The number of benzene rings is 2. The molecular weight excluding hydrogens is 802 g/mol. The molecule has 1 aliphatic carbocycles. The summed E-state index contributed by atoms with van der Waals surface area (Å²) in [6.07, 6.45) is 5.37. The second-order valence-electron chi connectivity index (χ2n) is 17.7. The second-order valence-corrected chi connectivity index (χ2v) is 17.7. The lowest BCUT2D eigenvalue weighted by molar-refractivity contribution is -0.134. The molecule has 0 spiro atoms. The van der Waals surface area contributed by atoms with Gasteiger partial charge < -0.3 is 44.5 Å². The monoisotopic (exact) mass is 863 g/mol. The third kappa shape index (κ3) is 8.81. The van der Waals surface area contributed by atoms with Gasteiger partial charge in [-0.25, -0.2) is 14.4 Å². The number of fused-ring (bicyclic) bond motifs is 4. The molecular formula is C48H62FN9O5. The lowest BCUT2D eigenvalue weighted by Gasteiger charge is -2.35. The van der Waals surface area contributed by atoms with E-state index in [1.54, 1.807) is 20.4 Å².